The Morgan fingerprint density at radius 2 is 2.23 bits per heavy atom. The SMILES string of the molecule is O=C(O)/C=C/c1ccc(Br)cc1I. The van der Waals surface area contributed by atoms with Crippen molar-refractivity contribution in [3.63, 3.8) is 0 Å². The van der Waals surface area contributed by atoms with Gasteiger partial charge in [-0.3, -0.25) is 0 Å². The van der Waals surface area contributed by atoms with E-state index in [0.717, 1.165) is 19.7 Å². The summed E-state index contributed by atoms with van der Waals surface area (Å²) >= 11 is 5.49. The fourth-order valence-corrected chi connectivity index (χ4v) is 2.28. The molecule has 0 aliphatic rings. The van der Waals surface area contributed by atoms with Gasteiger partial charge in [0.05, 0.1) is 0 Å². The second kappa shape index (κ2) is 4.76. The normalized spacial score (nSPS) is 10.6. The molecule has 1 N–H and O–H groups in total. The molecule has 1 aromatic rings. The highest BCUT2D eigenvalue weighted by Crippen LogP contribution is 2.19. The van der Waals surface area contributed by atoms with Crippen LogP contribution >= 0.6 is 38.5 Å². The molecular formula is C9H6BrIO2. The van der Waals surface area contributed by atoms with Crippen LogP contribution in [0.1, 0.15) is 5.56 Å². The summed E-state index contributed by atoms with van der Waals surface area (Å²) in [5, 5.41) is 8.42. The van der Waals surface area contributed by atoms with Crippen LogP contribution in [0.5, 0.6) is 0 Å². The van der Waals surface area contributed by atoms with E-state index in [1.54, 1.807) is 6.08 Å². The Morgan fingerprint density at radius 3 is 2.77 bits per heavy atom. The summed E-state index contributed by atoms with van der Waals surface area (Å²) in [6.07, 6.45) is 2.71. The average molecular weight is 353 g/mol. The van der Waals surface area contributed by atoms with Gasteiger partial charge in [-0.2, -0.15) is 0 Å². The zero-order valence-electron chi connectivity index (χ0n) is 6.50. The Bertz CT molecular complexity index is 361. The third-order valence-electron chi connectivity index (χ3n) is 1.37. The van der Waals surface area contributed by atoms with E-state index in [-0.39, 0.29) is 0 Å². The molecule has 1 aromatic carbocycles. The Balaban J connectivity index is 2.96. The van der Waals surface area contributed by atoms with Gasteiger partial charge in [0.2, 0.25) is 0 Å². The van der Waals surface area contributed by atoms with Crippen LogP contribution in [0.15, 0.2) is 28.7 Å². The van der Waals surface area contributed by atoms with Crippen molar-refractivity contribution in [1.82, 2.24) is 0 Å². The molecule has 4 heteroatoms. The Kier molecular flexibility index (Phi) is 3.92. The molecule has 1 rings (SSSR count). The lowest BCUT2D eigenvalue weighted by Gasteiger charge is -1.97. The highest BCUT2D eigenvalue weighted by atomic mass is 127. The maximum absolute atomic E-state index is 10.3. The first-order valence-electron chi connectivity index (χ1n) is 3.45. The van der Waals surface area contributed by atoms with E-state index in [2.05, 4.69) is 38.5 Å². The van der Waals surface area contributed by atoms with Gasteiger partial charge in [0.25, 0.3) is 0 Å². The molecule has 0 aromatic heterocycles. The van der Waals surface area contributed by atoms with E-state index in [9.17, 15) is 4.79 Å². The number of hydrogen-bond acceptors (Lipinski definition) is 1. The zero-order valence-corrected chi connectivity index (χ0v) is 10.2. The van der Waals surface area contributed by atoms with E-state index in [1.807, 2.05) is 18.2 Å². The first-order chi connectivity index (χ1) is 6.09. The van der Waals surface area contributed by atoms with Crippen molar-refractivity contribution in [3.05, 3.63) is 37.9 Å². The van der Waals surface area contributed by atoms with E-state index in [4.69, 9.17) is 5.11 Å². The Hall–Kier alpha value is -0.360. The number of carboxylic acids is 1. The van der Waals surface area contributed by atoms with Gasteiger partial charge in [0, 0.05) is 14.1 Å². The van der Waals surface area contributed by atoms with Gasteiger partial charge in [0.15, 0.2) is 0 Å². The molecule has 68 valence electrons. The molecule has 0 aliphatic heterocycles. The summed E-state index contributed by atoms with van der Waals surface area (Å²) in [4.78, 5) is 10.3. The van der Waals surface area contributed by atoms with Crippen LogP contribution in [0, 0.1) is 3.57 Å². The van der Waals surface area contributed by atoms with E-state index in [1.165, 1.54) is 0 Å². The maximum Gasteiger partial charge on any atom is 0.328 e. The van der Waals surface area contributed by atoms with Gasteiger partial charge < -0.3 is 5.11 Å². The third-order valence-corrected chi connectivity index (χ3v) is 2.80. The van der Waals surface area contributed by atoms with Gasteiger partial charge in [-0.1, -0.05) is 22.0 Å². The molecule has 0 saturated heterocycles. The second-order valence-corrected chi connectivity index (χ2v) is 4.42. The molecular weight excluding hydrogens is 347 g/mol. The van der Waals surface area contributed by atoms with Crippen LogP contribution in [0.3, 0.4) is 0 Å². The van der Waals surface area contributed by atoms with Crippen molar-refractivity contribution >= 4 is 50.6 Å². The van der Waals surface area contributed by atoms with E-state index >= 15 is 0 Å². The topological polar surface area (TPSA) is 37.3 Å². The number of aliphatic carboxylic acids is 1. The molecule has 0 radical (unpaired) electrons. The third kappa shape index (κ3) is 3.48. The minimum atomic E-state index is -0.932. The Labute approximate surface area is 97.9 Å². The maximum atomic E-state index is 10.3. The van der Waals surface area contributed by atoms with Crippen molar-refractivity contribution < 1.29 is 9.90 Å². The molecule has 0 spiro atoms. The van der Waals surface area contributed by atoms with Gasteiger partial charge in [-0.05, 0) is 46.4 Å². The quantitative estimate of drug-likeness (QED) is 0.655. The standard InChI is InChI=1S/C9H6BrIO2/c10-7-3-1-6(8(11)5-7)2-4-9(12)13/h1-5H,(H,12,13)/b4-2+. The number of carbonyl (C=O) groups is 1. The molecule has 0 saturated carbocycles. The molecule has 0 unspecified atom stereocenters. The van der Waals surface area contributed by atoms with Crippen LogP contribution < -0.4 is 0 Å². The highest BCUT2D eigenvalue weighted by molar-refractivity contribution is 14.1. The lowest BCUT2D eigenvalue weighted by molar-refractivity contribution is -0.131. The molecule has 0 bridgehead atoms. The first-order valence-corrected chi connectivity index (χ1v) is 5.33. The van der Waals surface area contributed by atoms with E-state index < -0.39 is 5.97 Å². The van der Waals surface area contributed by atoms with Crippen LogP contribution in [0.25, 0.3) is 6.08 Å². The number of rotatable bonds is 2. The average Bonchev–Trinajstić information content (AvgIpc) is 2.02. The van der Waals surface area contributed by atoms with Crippen molar-refractivity contribution in [3.8, 4) is 0 Å². The minimum absolute atomic E-state index is 0.909. The van der Waals surface area contributed by atoms with Crippen molar-refractivity contribution in [2.24, 2.45) is 0 Å². The number of hydrogen-bond donors (Lipinski definition) is 1. The first kappa shape index (κ1) is 10.7. The zero-order chi connectivity index (χ0) is 9.84. The van der Waals surface area contributed by atoms with Crippen LogP contribution in [0.4, 0.5) is 0 Å². The lowest BCUT2D eigenvalue weighted by atomic mass is 10.2. The monoisotopic (exact) mass is 352 g/mol. The van der Waals surface area contributed by atoms with Crippen LogP contribution in [0.2, 0.25) is 0 Å². The smallest absolute Gasteiger partial charge is 0.328 e. The highest BCUT2D eigenvalue weighted by Gasteiger charge is 1.96. The fourth-order valence-electron chi connectivity index (χ4n) is 0.798. The van der Waals surface area contributed by atoms with Crippen LogP contribution in [-0.2, 0) is 4.79 Å². The van der Waals surface area contributed by atoms with Gasteiger partial charge in [-0.25, -0.2) is 4.79 Å². The summed E-state index contributed by atoms with van der Waals surface area (Å²) in [5.74, 6) is -0.932. The summed E-state index contributed by atoms with van der Waals surface area (Å²) in [6.45, 7) is 0. The number of benzene rings is 1. The fraction of sp³-hybridized carbons (Fsp3) is 0. The predicted molar refractivity (Wildman–Crippen MR) is 63.5 cm³/mol. The number of halogens is 2. The second-order valence-electron chi connectivity index (χ2n) is 2.34. The molecule has 13 heavy (non-hydrogen) atoms. The molecule has 0 aliphatic carbocycles. The van der Waals surface area contributed by atoms with Gasteiger partial charge in [0.1, 0.15) is 0 Å². The lowest BCUT2D eigenvalue weighted by Crippen LogP contribution is -1.86. The molecule has 0 atom stereocenters. The van der Waals surface area contributed by atoms with Crippen molar-refractivity contribution in [1.29, 1.82) is 0 Å². The van der Waals surface area contributed by atoms with Crippen molar-refractivity contribution in [2.45, 2.75) is 0 Å². The molecule has 2 nitrogen and oxygen atoms in total. The minimum Gasteiger partial charge on any atom is -0.478 e. The molecule has 0 amide bonds. The van der Waals surface area contributed by atoms with Gasteiger partial charge in [-0.15, -0.1) is 0 Å². The summed E-state index contributed by atoms with van der Waals surface area (Å²) in [5.41, 5.74) is 0.909. The summed E-state index contributed by atoms with van der Waals surface area (Å²) in [6, 6.07) is 5.68. The van der Waals surface area contributed by atoms with Crippen LogP contribution in [-0.4, -0.2) is 11.1 Å². The molecule has 0 fully saturated rings. The molecule has 0 heterocycles. The summed E-state index contributed by atoms with van der Waals surface area (Å²) in [7, 11) is 0. The van der Waals surface area contributed by atoms with Gasteiger partial charge >= 0.3 is 5.97 Å². The Morgan fingerprint density at radius 1 is 1.54 bits per heavy atom. The van der Waals surface area contributed by atoms with Crippen molar-refractivity contribution in [2.75, 3.05) is 0 Å². The predicted octanol–water partition coefficient (Wildman–Crippen LogP) is 3.15. The number of carboxylic acid groups (broad SMARTS) is 1. The summed E-state index contributed by atoms with van der Waals surface area (Å²) < 4.78 is 2.01. The van der Waals surface area contributed by atoms with E-state index in [0.29, 0.717) is 0 Å². The largest absolute Gasteiger partial charge is 0.478 e.